The fraction of sp³-hybridized carbons (Fsp3) is 0.182. The summed E-state index contributed by atoms with van der Waals surface area (Å²) in [4.78, 5) is 0.126. The van der Waals surface area contributed by atoms with Crippen molar-refractivity contribution in [2.75, 3.05) is 5.73 Å². The van der Waals surface area contributed by atoms with Crippen molar-refractivity contribution in [1.82, 2.24) is 9.78 Å². The van der Waals surface area contributed by atoms with Crippen LogP contribution in [0.15, 0.2) is 35.4 Å². The number of hydrogen-bond donors (Lipinski definition) is 1. The summed E-state index contributed by atoms with van der Waals surface area (Å²) in [6.07, 6.45) is 1.47. The summed E-state index contributed by atoms with van der Waals surface area (Å²) in [5.41, 5.74) is 3.10. The minimum atomic E-state index is -4.30. The molecule has 0 saturated carbocycles. The Balaban J connectivity index is 2.39. The molecule has 2 N–H and O–H groups in total. The molecule has 2 aromatic rings. The first-order valence-electron chi connectivity index (χ1n) is 5.00. The van der Waals surface area contributed by atoms with Crippen LogP contribution in [-0.2, 0) is 7.05 Å². The number of aryl methyl sites for hydroxylation is 1. The molecule has 2 rings (SSSR count). The number of nitrogen functional groups attached to an aromatic ring is 1. The van der Waals surface area contributed by atoms with Crippen molar-refractivity contribution >= 4 is 17.4 Å². The molecule has 0 atom stereocenters. The number of benzene rings is 1. The molecule has 0 spiro atoms. The average Bonchev–Trinajstić information content (AvgIpc) is 2.56. The zero-order valence-electron chi connectivity index (χ0n) is 9.40. The zero-order valence-corrected chi connectivity index (χ0v) is 10.2. The van der Waals surface area contributed by atoms with Crippen LogP contribution in [0.25, 0.3) is 11.3 Å². The standard InChI is InChI=1S/C11H10F3N3S/c1-17-10(9(15)6-16-17)7-3-2-4-8(5-7)18-11(12,13)14/h2-6H,15H2,1H3. The number of rotatable bonds is 2. The number of aromatic nitrogens is 2. The predicted octanol–water partition coefficient (Wildman–Crippen LogP) is 3.28. The highest BCUT2D eigenvalue weighted by Gasteiger charge is 2.29. The summed E-state index contributed by atoms with van der Waals surface area (Å²) in [5, 5.41) is 3.96. The Kier molecular flexibility index (Phi) is 3.25. The zero-order chi connectivity index (χ0) is 13.3. The number of anilines is 1. The summed E-state index contributed by atoms with van der Waals surface area (Å²) < 4.78 is 38.4. The van der Waals surface area contributed by atoms with Gasteiger partial charge in [0.1, 0.15) is 0 Å². The minimum Gasteiger partial charge on any atom is -0.396 e. The molecule has 0 saturated heterocycles. The van der Waals surface area contributed by atoms with Gasteiger partial charge in [-0.25, -0.2) is 0 Å². The SMILES string of the molecule is Cn1ncc(N)c1-c1cccc(SC(F)(F)F)c1. The summed E-state index contributed by atoms with van der Waals surface area (Å²) in [6, 6.07) is 6.13. The van der Waals surface area contributed by atoms with Gasteiger partial charge in [0.25, 0.3) is 0 Å². The number of nitrogens with two attached hydrogens (primary N) is 1. The lowest BCUT2D eigenvalue weighted by Crippen LogP contribution is -2.00. The van der Waals surface area contributed by atoms with E-state index < -0.39 is 5.51 Å². The van der Waals surface area contributed by atoms with Crippen LogP contribution in [0.3, 0.4) is 0 Å². The fourth-order valence-electron chi connectivity index (χ4n) is 1.65. The Morgan fingerprint density at radius 1 is 1.33 bits per heavy atom. The van der Waals surface area contributed by atoms with Crippen molar-refractivity contribution < 1.29 is 13.2 Å². The molecule has 0 unspecified atom stereocenters. The summed E-state index contributed by atoms with van der Waals surface area (Å²) in [6.45, 7) is 0. The van der Waals surface area contributed by atoms with Gasteiger partial charge in [0.15, 0.2) is 0 Å². The van der Waals surface area contributed by atoms with Crippen LogP contribution < -0.4 is 5.73 Å². The van der Waals surface area contributed by atoms with Gasteiger partial charge in [0.05, 0.1) is 17.6 Å². The van der Waals surface area contributed by atoms with Gasteiger partial charge >= 0.3 is 5.51 Å². The molecule has 18 heavy (non-hydrogen) atoms. The van der Waals surface area contributed by atoms with Crippen LogP contribution in [0.1, 0.15) is 0 Å². The minimum absolute atomic E-state index is 0.126. The second kappa shape index (κ2) is 4.56. The lowest BCUT2D eigenvalue weighted by atomic mass is 10.1. The number of alkyl halides is 3. The first-order chi connectivity index (χ1) is 8.37. The van der Waals surface area contributed by atoms with Crippen LogP contribution in [-0.4, -0.2) is 15.3 Å². The molecule has 0 aliphatic carbocycles. The maximum Gasteiger partial charge on any atom is 0.446 e. The number of thioether (sulfide) groups is 1. The maximum atomic E-state index is 12.3. The quantitative estimate of drug-likeness (QED) is 0.854. The van der Waals surface area contributed by atoms with Crippen molar-refractivity contribution in [3.05, 3.63) is 30.5 Å². The van der Waals surface area contributed by atoms with E-state index in [1.165, 1.54) is 23.0 Å². The van der Waals surface area contributed by atoms with E-state index in [0.717, 1.165) is 0 Å². The third-order valence-corrected chi connectivity index (χ3v) is 3.03. The van der Waals surface area contributed by atoms with E-state index in [0.29, 0.717) is 16.9 Å². The largest absolute Gasteiger partial charge is 0.446 e. The molecule has 0 bridgehead atoms. The second-order valence-corrected chi connectivity index (χ2v) is 4.79. The van der Waals surface area contributed by atoms with Crippen LogP contribution in [0.2, 0.25) is 0 Å². The number of halogens is 3. The summed E-state index contributed by atoms with van der Waals surface area (Å²) in [5.74, 6) is 0. The van der Waals surface area contributed by atoms with E-state index in [1.807, 2.05) is 0 Å². The molecule has 1 aromatic carbocycles. The Bertz CT molecular complexity index is 543. The molecule has 0 aliphatic rings. The number of nitrogens with zero attached hydrogens (tertiary/aromatic N) is 2. The first-order valence-corrected chi connectivity index (χ1v) is 5.82. The van der Waals surface area contributed by atoms with Crippen molar-refractivity contribution in [3.63, 3.8) is 0 Å². The molecule has 1 heterocycles. The molecular weight excluding hydrogens is 263 g/mol. The normalized spacial score (nSPS) is 11.8. The molecule has 96 valence electrons. The van der Waals surface area contributed by atoms with Gasteiger partial charge in [-0.1, -0.05) is 12.1 Å². The van der Waals surface area contributed by atoms with Gasteiger partial charge in [-0.05, 0) is 23.9 Å². The lowest BCUT2D eigenvalue weighted by Gasteiger charge is -2.08. The van der Waals surface area contributed by atoms with Crippen LogP contribution in [0, 0.1) is 0 Å². The lowest BCUT2D eigenvalue weighted by molar-refractivity contribution is -0.0328. The molecular formula is C11H10F3N3S. The van der Waals surface area contributed by atoms with Gasteiger partial charge in [-0.3, -0.25) is 4.68 Å². The van der Waals surface area contributed by atoms with Crippen LogP contribution in [0.4, 0.5) is 18.9 Å². The van der Waals surface area contributed by atoms with Crippen molar-refractivity contribution in [2.24, 2.45) is 7.05 Å². The van der Waals surface area contributed by atoms with Crippen LogP contribution >= 0.6 is 11.8 Å². The molecule has 0 fully saturated rings. The van der Waals surface area contributed by atoms with E-state index in [1.54, 1.807) is 19.2 Å². The van der Waals surface area contributed by atoms with Gasteiger partial charge in [-0.15, -0.1) is 0 Å². The summed E-state index contributed by atoms with van der Waals surface area (Å²) >= 11 is -0.147. The Hall–Kier alpha value is -1.63. The highest BCUT2D eigenvalue weighted by atomic mass is 32.2. The summed E-state index contributed by atoms with van der Waals surface area (Å²) in [7, 11) is 1.69. The maximum absolute atomic E-state index is 12.3. The average molecular weight is 273 g/mol. The smallest absolute Gasteiger partial charge is 0.396 e. The topological polar surface area (TPSA) is 43.8 Å². The van der Waals surface area contributed by atoms with Gasteiger partial charge in [0.2, 0.25) is 0 Å². The molecule has 0 amide bonds. The van der Waals surface area contributed by atoms with Crippen LogP contribution in [0.5, 0.6) is 0 Å². The van der Waals surface area contributed by atoms with Gasteiger partial charge in [-0.2, -0.15) is 18.3 Å². The third-order valence-electron chi connectivity index (χ3n) is 2.31. The van der Waals surface area contributed by atoms with E-state index >= 15 is 0 Å². The number of hydrogen-bond acceptors (Lipinski definition) is 3. The van der Waals surface area contributed by atoms with E-state index in [2.05, 4.69) is 5.10 Å². The van der Waals surface area contributed by atoms with Crippen molar-refractivity contribution in [1.29, 1.82) is 0 Å². The molecule has 3 nitrogen and oxygen atoms in total. The Morgan fingerprint density at radius 3 is 2.61 bits per heavy atom. The second-order valence-electron chi connectivity index (χ2n) is 3.65. The monoisotopic (exact) mass is 273 g/mol. The molecule has 0 radical (unpaired) electrons. The van der Waals surface area contributed by atoms with Gasteiger partial charge in [0, 0.05) is 17.5 Å². The molecule has 7 heteroatoms. The Labute approximate surface area is 106 Å². The van der Waals surface area contributed by atoms with Crippen molar-refractivity contribution in [2.45, 2.75) is 10.4 Å². The fourth-order valence-corrected chi connectivity index (χ4v) is 2.25. The van der Waals surface area contributed by atoms with Crippen molar-refractivity contribution in [3.8, 4) is 11.3 Å². The highest BCUT2D eigenvalue weighted by molar-refractivity contribution is 8.00. The van der Waals surface area contributed by atoms with E-state index in [4.69, 9.17) is 5.73 Å². The molecule has 1 aromatic heterocycles. The highest BCUT2D eigenvalue weighted by Crippen LogP contribution is 2.38. The predicted molar refractivity (Wildman–Crippen MR) is 65.0 cm³/mol. The molecule has 0 aliphatic heterocycles. The van der Waals surface area contributed by atoms with E-state index in [9.17, 15) is 13.2 Å². The van der Waals surface area contributed by atoms with Gasteiger partial charge < -0.3 is 5.73 Å². The van der Waals surface area contributed by atoms with E-state index in [-0.39, 0.29) is 16.7 Å². The third kappa shape index (κ3) is 2.79. The first kappa shape index (κ1) is 12.8. The Morgan fingerprint density at radius 2 is 2.06 bits per heavy atom.